The summed E-state index contributed by atoms with van der Waals surface area (Å²) in [5.74, 6) is -1.07. The van der Waals surface area contributed by atoms with Crippen molar-refractivity contribution in [2.75, 3.05) is 0 Å². The molecule has 0 saturated heterocycles. The van der Waals surface area contributed by atoms with Crippen molar-refractivity contribution in [3.63, 3.8) is 0 Å². The van der Waals surface area contributed by atoms with E-state index in [1.807, 2.05) is 0 Å². The zero-order valence-electron chi connectivity index (χ0n) is 7.02. The molecule has 0 aliphatic rings. The zero-order chi connectivity index (χ0) is 10.0. The summed E-state index contributed by atoms with van der Waals surface area (Å²) in [6.45, 7) is 1.78. The van der Waals surface area contributed by atoms with Gasteiger partial charge in [-0.3, -0.25) is 10.1 Å². The number of hydrogen-bond acceptors (Lipinski definition) is 4. The van der Waals surface area contributed by atoms with Crippen LogP contribution in [0.1, 0.15) is 12.5 Å². The molecule has 0 aliphatic heterocycles. The van der Waals surface area contributed by atoms with E-state index >= 15 is 0 Å². The third kappa shape index (κ3) is 1.53. The molecule has 0 radical (unpaired) electrons. The molecule has 13 heavy (non-hydrogen) atoms. The number of phenolic OH excluding ortho intramolecular Hbond substituents is 2. The predicted octanol–water partition coefficient (Wildman–Crippen LogP) is 1.57. The summed E-state index contributed by atoms with van der Waals surface area (Å²) in [5.41, 5.74) is 0.0119. The summed E-state index contributed by atoms with van der Waals surface area (Å²) in [5, 5.41) is 28.8. The van der Waals surface area contributed by atoms with Gasteiger partial charge in [-0.15, -0.1) is 0 Å². The molecule has 0 aliphatic carbocycles. The van der Waals surface area contributed by atoms with Crippen LogP contribution in [0.25, 0.3) is 0 Å². The SMILES string of the molecule is CCc1ccc([N+](=O)[O-])c(O)c1O. The maximum atomic E-state index is 10.3. The summed E-state index contributed by atoms with van der Waals surface area (Å²) >= 11 is 0. The van der Waals surface area contributed by atoms with Crippen molar-refractivity contribution in [2.45, 2.75) is 13.3 Å². The molecule has 0 saturated carbocycles. The summed E-state index contributed by atoms with van der Waals surface area (Å²) in [6.07, 6.45) is 0.511. The van der Waals surface area contributed by atoms with Gasteiger partial charge in [0.1, 0.15) is 0 Å². The van der Waals surface area contributed by atoms with Crippen molar-refractivity contribution in [3.8, 4) is 11.5 Å². The third-order valence-corrected chi connectivity index (χ3v) is 1.79. The zero-order valence-corrected chi connectivity index (χ0v) is 7.02. The Labute approximate surface area is 74.4 Å². The largest absolute Gasteiger partial charge is 0.504 e. The number of aryl methyl sites for hydroxylation is 1. The molecule has 0 amide bonds. The van der Waals surface area contributed by atoms with Crippen LogP contribution in [0.4, 0.5) is 5.69 Å². The van der Waals surface area contributed by atoms with E-state index in [9.17, 15) is 20.3 Å². The molecule has 0 spiro atoms. The lowest BCUT2D eigenvalue weighted by atomic mass is 10.1. The second kappa shape index (κ2) is 3.30. The molecule has 1 rings (SSSR count). The van der Waals surface area contributed by atoms with Crippen LogP contribution in [0, 0.1) is 10.1 Å². The van der Waals surface area contributed by atoms with Crippen LogP contribution in [0.3, 0.4) is 0 Å². The van der Waals surface area contributed by atoms with Crippen molar-refractivity contribution in [1.82, 2.24) is 0 Å². The molecule has 5 nitrogen and oxygen atoms in total. The topological polar surface area (TPSA) is 83.6 Å². The number of nitro groups is 1. The second-order valence-corrected chi connectivity index (χ2v) is 2.55. The van der Waals surface area contributed by atoms with Gasteiger partial charge in [0.2, 0.25) is 5.75 Å². The maximum absolute atomic E-state index is 10.3. The van der Waals surface area contributed by atoms with Gasteiger partial charge in [-0.1, -0.05) is 6.92 Å². The van der Waals surface area contributed by atoms with E-state index in [4.69, 9.17) is 0 Å². The van der Waals surface area contributed by atoms with Crippen molar-refractivity contribution >= 4 is 5.69 Å². The van der Waals surface area contributed by atoms with Gasteiger partial charge < -0.3 is 10.2 Å². The number of phenols is 2. The fraction of sp³-hybridized carbons (Fsp3) is 0.250. The van der Waals surface area contributed by atoms with Crippen LogP contribution in [0.5, 0.6) is 11.5 Å². The molecular weight excluding hydrogens is 174 g/mol. The molecule has 0 bridgehead atoms. The highest BCUT2D eigenvalue weighted by atomic mass is 16.6. The monoisotopic (exact) mass is 183 g/mol. The average molecular weight is 183 g/mol. The first-order valence-electron chi connectivity index (χ1n) is 3.76. The number of hydrogen-bond donors (Lipinski definition) is 2. The van der Waals surface area contributed by atoms with Crippen LogP contribution < -0.4 is 0 Å². The fourth-order valence-corrected chi connectivity index (χ4v) is 1.04. The Hall–Kier alpha value is -1.78. The molecule has 1 aromatic rings. The molecule has 70 valence electrons. The van der Waals surface area contributed by atoms with E-state index in [1.165, 1.54) is 12.1 Å². The standard InChI is InChI=1S/C8H9NO4/c1-2-5-3-4-6(9(12)13)8(11)7(5)10/h3-4,10-11H,2H2,1H3. The summed E-state index contributed by atoms with van der Waals surface area (Å²) < 4.78 is 0. The summed E-state index contributed by atoms with van der Waals surface area (Å²) in [4.78, 5) is 9.57. The Balaban J connectivity index is 3.31. The number of nitrogens with zero attached hydrogens (tertiary/aromatic N) is 1. The Morgan fingerprint density at radius 3 is 2.46 bits per heavy atom. The minimum absolute atomic E-state index is 0.406. The first-order chi connectivity index (χ1) is 6.07. The van der Waals surface area contributed by atoms with E-state index in [0.29, 0.717) is 12.0 Å². The minimum Gasteiger partial charge on any atom is -0.504 e. The highest BCUT2D eigenvalue weighted by Gasteiger charge is 2.18. The van der Waals surface area contributed by atoms with Crippen molar-refractivity contribution in [2.24, 2.45) is 0 Å². The van der Waals surface area contributed by atoms with Gasteiger partial charge in [-0.05, 0) is 18.1 Å². The molecule has 0 unspecified atom stereocenters. The normalized spacial score (nSPS) is 9.92. The lowest BCUT2D eigenvalue weighted by molar-refractivity contribution is -0.386. The van der Waals surface area contributed by atoms with E-state index < -0.39 is 22.1 Å². The first-order valence-corrected chi connectivity index (χ1v) is 3.76. The lowest BCUT2D eigenvalue weighted by Crippen LogP contribution is -1.90. The Morgan fingerprint density at radius 2 is 2.00 bits per heavy atom. The highest BCUT2D eigenvalue weighted by Crippen LogP contribution is 2.37. The molecule has 0 fully saturated rings. The van der Waals surface area contributed by atoms with Crippen molar-refractivity contribution in [3.05, 3.63) is 27.8 Å². The van der Waals surface area contributed by atoms with Gasteiger partial charge in [-0.25, -0.2) is 0 Å². The van der Waals surface area contributed by atoms with Crippen molar-refractivity contribution in [1.29, 1.82) is 0 Å². The van der Waals surface area contributed by atoms with Gasteiger partial charge in [-0.2, -0.15) is 0 Å². The van der Waals surface area contributed by atoms with E-state index in [1.54, 1.807) is 6.92 Å². The Morgan fingerprint density at radius 1 is 1.38 bits per heavy atom. The second-order valence-electron chi connectivity index (χ2n) is 2.55. The van der Waals surface area contributed by atoms with Crippen LogP contribution in [0.2, 0.25) is 0 Å². The maximum Gasteiger partial charge on any atom is 0.314 e. The number of nitro benzene ring substituents is 1. The predicted molar refractivity (Wildman–Crippen MR) is 45.8 cm³/mol. The fourth-order valence-electron chi connectivity index (χ4n) is 1.04. The molecule has 0 atom stereocenters. The Kier molecular flexibility index (Phi) is 2.36. The summed E-state index contributed by atoms with van der Waals surface area (Å²) in [6, 6.07) is 2.60. The third-order valence-electron chi connectivity index (χ3n) is 1.79. The molecule has 5 heteroatoms. The molecule has 0 heterocycles. The molecule has 0 aromatic heterocycles. The minimum atomic E-state index is -0.742. The van der Waals surface area contributed by atoms with Gasteiger partial charge in [0.15, 0.2) is 5.75 Å². The van der Waals surface area contributed by atoms with Crippen LogP contribution in [-0.4, -0.2) is 15.1 Å². The number of aromatic hydroxyl groups is 2. The van der Waals surface area contributed by atoms with Gasteiger partial charge in [0, 0.05) is 6.07 Å². The van der Waals surface area contributed by atoms with Crippen LogP contribution >= 0.6 is 0 Å². The molecular formula is C8H9NO4. The number of benzene rings is 1. The van der Waals surface area contributed by atoms with Gasteiger partial charge in [0.25, 0.3) is 0 Å². The number of rotatable bonds is 2. The van der Waals surface area contributed by atoms with Crippen LogP contribution in [0.15, 0.2) is 12.1 Å². The van der Waals surface area contributed by atoms with Gasteiger partial charge >= 0.3 is 5.69 Å². The highest BCUT2D eigenvalue weighted by molar-refractivity contribution is 5.57. The average Bonchev–Trinajstić information content (AvgIpc) is 2.09. The van der Waals surface area contributed by atoms with Crippen LogP contribution in [-0.2, 0) is 6.42 Å². The molecule has 1 aromatic carbocycles. The first kappa shape index (κ1) is 9.31. The van der Waals surface area contributed by atoms with Crippen molar-refractivity contribution < 1.29 is 15.1 Å². The van der Waals surface area contributed by atoms with E-state index in [2.05, 4.69) is 0 Å². The Bertz CT molecular complexity index is 348. The van der Waals surface area contributed by atoms with E-state index in [0.717, 1.165) is 0 Å². The smallest absolute Gasteiger partial charge is 0.314 e. The van der Waals surface area contributed by atoms with Gasteiger partial charge in [0.05, 0.1) is 4.92 Å². The summed E-state index contributed by atoms with van der Waals surface area (Å²) in [7, 11) is 0. The lowest BCUT2D eigenvalue weighted by Gasteiger charge is -2.03. The van der Waals surface area contributed by atoms with E-state index in [-0.39, 0.29) is 0 Å². The molecule has 2 N–H and O–H groups in total. The quantitative estimate of drug-likeness (QED) is 0.414.